The van der Waals surface area contributed by atoms with E-state index in [1.54, 1.807) is 48.0 Å². The fraction of sp³-hybridized carbons (Fsp3) is 0.512. The van der Waals surface area contributed by atoms with Gasteiger partial charge in [0.1, 0.15) is 16.8 Å². The largest absolute Gasteiger partial charge is 0.444 e. The molecule has 0 atom stereocenters. The van der Waals surface area contributed by atoms with E-state index in [0.29, 0.717) is 81.0 Å². The molecular formula is C82H115Cl3F4N22O9. The molecule has 0 aliphatic carbocycles. The normalized spacial score (nSPS) is 14.6. The molecule has 0 saturated carbocycles. The van der Waals surface area contributed by atoms with Crippen LogP contribution < -0.4 is 72.8 Å². The number of carbonyl (C=O) groups excluding carboxylic acids is 6. The zero-order valence-electron chi connectivity index (χ0n) is 70.9. The molecule has 0 bridgehead atoms. The number of nitrogen functional groups attached to an aromatic ring is 1. The number of hydrogen-bond donors (Lipinski definition) is 8. The van der Waals surface area contributed by atoms with Crippen molar-refractivity contribution in [1.29, 1.82) is 0 Å². The van der Waals surface area contributed by atoms with Gasteiger partial charge in [0.15, 0.2) is 45.9 Å². The molecule has 10 N–H and O–H groups in total. The van der Waals surface area contributed by atoms with E-state index in [0.717, 1.165) is 125 Å². The number of ether oxygens (including phenoxy) is 3. The number of aromatic nitrogens is 8. The van der Waals surface area contributed by atoms with E-state index in [2.05, 4.69) is 71.8 Å². The van der Waals surface area contributed by atoms with E-state index in [-0.39, 0.29) is 63.0 Å². The third kappa shape index (κ3) is 35.4. The van der Waals surface area contributed by atoms with Gasteiger partial charge in [-0.2, -0.15) is 15.0 Å². The minimum Gasteiger partial charge on any atom is -0.444 e. The standard InChI is InChI=1S/C24H33FN6O3.C19H25FN6O.C15H22ClFN4O2.C11H22N2O2.C9H12N2O.C4HCl2FN2/c1-16(32)30(5)19-8-6-18(7-9-19)28-22-26-15-20(25)21(29-22)31-12-10-17(11-13-31)14-27-23(33)34-24(2,3)4;1-13(27)25(2)16-5-3-15(4-6-16)23-19-22-12-17(20)18(24-19)26-9-7-14(11-21)8-10-26;1-15(2,3)23-14(22)19-8-10-4-6-21(7-5-10)12-11(17)9-18-13(16)20-12;1-11(2,3)15-10(14)13-8-9-4-6-12-7-5-9;1-7(12)11(2)9-5-3-8(10)4-6-9;5-3-2(7)1-8-4(6)9-3/h6-9,15,17H,10-14H2,1-5H3,(H,27,33)(H,26,28,29);3-6,12,14H,7-11,21H2,1-2H3,(H,22,23,24);9-10H,4-8H2,1-3H3,(H,19,22);9,12H,4-8H2,1-3H3,(H,13,14);3-6H,10H2,1-2H3;1H. The summed E-state index contributed by atoms with van der Waals surface area (Å²) in [5, 5.41) is 17.6. The maximum Gasteiger partial charge on any atom is 0.407 e. The third-order valence-corrected chi connectivity index (χ3v) is 19.5. The van der Waals surface area contributed by atoms with Crippen molar-refractivity contribution in [2.75, 3.05) is 145 Å². The van der Waals surface area contributed by atoms with Gasteiger partial charge in [0.2, 0.25) is 40.2 Å². The summed E-state index contributed by atoms with van der Waals surface area (Å²) in [5.74, 6) is 1.02. The first-order chi connectivity index (χ1) is 56.5. The number of amides is 6. The molecule has 31 nitrogen and oxygen atoms in total. The van der Waals surface area contributed by atoms with Crippen molar-refractivity contribution in [2.45, 2.75) is 151 Å². The van der Waals surface area contributed by atoms with Crippen LogP contribution in [0.25, 0.3) is 0 Å². The maximum absolute atomic E-state index is 14.5. The molecule has 0 spiro atoms. The molecule has 120 heavy (non-hydrogen) atoms. The predicted molar refractivity (Wildman–Crippen MR) is 463 cm³/mol. The second-order valence-electron chi connectivity index (χ2n) is 31.9. The number of alkyl carbamates (subject to hydrolysis) is 3. The van der Waals surface area contributed by atoms with Crippen molar-refractivity contribution in [2.24, 2.45) is 29.4 Å². The van der Waals surface area contributed by atoms with Crippen molar-refractivity contribution in [1.82, 2.24) is 61.1 Å². The van der Waals surface area contributed by atoms with Crippen LogP contribution in [0.3, 0.4) is 0 Å². The summed E-state index contributed by atoms with van der Waals surface area (Å²) in [6.07, 6.45) is 10.6. The van der Waals surface area contributed by atoms with Crippen LogP contribution in [0.2, 0.25) is 15.7 Å². The number of rotatable bonds is 17. The summed E-state index contributed by atoms with van der Waals surface area (Å²) < 4.78 is 70.3. The Morgan fingerprint density at radius 2 is 0.733 bits per heavy atom. The quantitative estimate of drug-likeness (QED) is 0.0138. The van der Waals surface area contributed by atoms with Crippen LogP contribution in [-0.4, -0.2) is 192 Å². The lowest BCUT2D eigenvalue weighted by molar-refractivity contribution is -0.117. The van der Waals surface area contributed by atoms with Gasteiger partial charge in [-0.25, -0.2) is 56.9 Å². The number of nitrogens with two attached hydrogens (primary N) is 2. The molecule has 6 amide bonds. The van der Waals surface area contributed by atoms with Crippen LogP contribution in [0.1, 0.15) is 134 Å². The molecule has 4 aromatic heterocycles. The summed E-state index contributed by atoms with van der Waals surface area (Å²) in [5.41, 5.74) is 14.4. The van der Waals surface area contributed by atoms with Crippen molar-refractivity contribution in [3.05, 3.63) is 137 Å². The van der Waals surface area contributed by atoms with Gasteiger partial charge in [0.05, 0.1) is 24.8 Å². The molecule has 4 aliphatic rings. The second kappa shape index (κ2) is 47.5. The Morgan fingerprint density at radius 1 is 0.442 bits per heavy atom. The summed E-state index contributed by atoms with van der Waals surface area (Å²) in [6, 6.07) is 21.7. The zero-order chi connectivity index (χ0) is 88.6. The summed E-state index contributed by atoms with van der Waals surface area (Å²) in [6.45, 7) is 29.7. The number of piperidine rings is 4. The Bertz CT molecular complexity index is 4410. The Morgan fingerprint density at radius 3 is 1.04 bits per heavy atom. The molecule has 3 aromatic carbocycles. The number of anilines is 11. The SMILES string of the molecule is CC(=O)N(C)c1ccc(N)cc1.CC(=O)N(C)c1ccc(Nc2ncc(F)c(N3CCC(CN)CC3)n2)cc1.CC(=O)N(C)c1ccc(Nc2ncc(F)c(N3CCC(CNC(=O)OC(C)(C)C)CC3)n2)cc1.CC(C)(C)OC(=O)NCC1CCN(c2nc(Cl)ncc2F)CC1.CC(C)(C)OC(=O)NCC1CCNCC1.Fc1cnc(Cl)nc1Cl. The average molecular weight is 1740 g/mol. The van der Waals surface area contributed by atoms with E-state index in [9.17, 15) is 46.3 Å². The van der Waals surface area contributed by atoms with Gasteiger partial charge in [-0.1, -0.05) is 11.6 Å². The minimum absolute atomic E-state index is 0.0137. The van der Waals surface area contributed by atoms with E-state index in [4.69, 9.17) is 60.5 Å². The Hall–Kier alpha value is -10.5. The first kappa shape index (κ1) is 98.3. The summed E-state index contributed by atoms with van der Waals surface area (Å²) in [7, 11) is 5.15. The van der Waals surface area contributed by atoms with Gasteiger partial charge in [-0.15, -0.1) is 0 Å². The van der Waals surface area contributed by atoms with Crippen molar-refractivity contribution < 1.29 is 60.5 Å². The van der Waals surface area contributed by atoms with Crippen LogP contribution in [-0.2, 0) is 28.6 Å². The Kier molecular flexibility index (Phi) is 38.9. The second-order valence-corrected chi connectivity index (χ2v) is 32.9. The van der Waals surface area contributed by atoms with Crippen LogP contribution in [0.4, 0.5) is 95.4 Å². The highest BCUT2D eigenvalue weighted by molar-refractivity contribution is 6.31. The van der Waals surface area contributed by atoms with Gasteiger partial charge >= 0.3 is 18.3 Å². The number of nitrogens with one attached hydrogen (secondary N) is 6. The van der Waals surface area contributed by atoms with Gasteiger partial charge in [0.25, 0.3) is 0 Å². The van der Waals surface area contributed by atoms with Crippen LogP contribution in [0.5, 0.6) is 0 Å². The Balaban J connectivity index is 0.000000234. The minimum atomic E-state index is -0.666. The highest BCUT2D eigenvalue weighted by Crippen LogP contribution is 2.31. The molecule has 11 rings (SSSR count). The lowest BCUT2D eigenvalue weighted by Crippen LogP contribution is -2.40. The molecule has 4 fully saturated rings. The smallest absolute Gasteiger partial charge is 0.407 e. The molecule has 8 heterocycles. The number of nitrogens with zero attached hydrogens (tertiary/aromatic N) is 14. The predicted octanol–water partition coefficient (Wildman–Crippen LogP) is 14.3. The van der Waals surface area contributed by atoms with Gasteiger partial charge in [0, 0.05) is 135 Å². The first-order valence-corrected chi connectivity index (χ1v) is 40.6. The van der Waals surface area contributed by atoms with Crippen molar-refractivity contribution in [3.8, 4) is 0 Å². The average Bonchev–Trinajstić information content (AvgIpc) is 0.835. The molecule has 7 aromatic rings. The van der Waals surface area contributed by atoms with Crippen molar-refractivity contribution in [3.63, 3.8) is 0 Å². The topological polar surface area (TPSA) is 377 Å². The monoisotopic (exact) mass is 1730 g/mol. The molecule has 0 radical (unpaired) electrons. The lowest BCUT2D eigenvalue weighted by Gasteiger charge is -2.33. The molecule has 4 saturated heterocycles. The van der Waals surface area contributed by atoms with E-state index < -0.39 is 52.3 Å². The Labute approximate surface area is 714 Å². The molecule has 0 unspecified atom stereocenters. The van der Waals surface area contributed by atoms with E-state index in [1.807, 2.05) is 138 Å². The summed E-state index contributed by atoms with van der Waals surface area (Å²) in [4.78, 5) is 110. The number of halogens is 7. The van der Waals surface area contributed by atoms with Gasteiger partial charge in [-0.3, -0.25) is 14.4 Å². The van der Waals surface area contributed by atoms with Gasteiger partial charge < -0.3 is 87.0 Å². The lowest BCUT2D eigenvalue weighted by atomic mass is 9.97. The number of hydrogen-bond acceptors (Lipinski definition) is 25. The van der Waals surface area contributed by atoms with E-state index in [1.165, 1.54) is 33.2 Å². The fourth-order valence-electron chi connectivity index (χ4n) is 12.0. The van der Waals surface area contributed by atoms with Gasteiger partial charge in [-0.05, 0) is 253 Å². The third-order valence-electron chi connectivity index (χ3n) is 18.9. The highest BCUT2D eigenvalue weighted by atomic mass is 35.5. The molecular weight excluding hydrogens is 1620 g/mol. The van der Waals surface area contributed by atoms with Crippen LogP contribution >= 0.6 is 34.8 Å². The van der Waals surface area contributed by atoms with Crippen molar-refractivity contribution >= 4 is 134 Å². The number of carbonyl (C=O) groups is 6. The molecule has 4 aliphatic heterocycles. The van der Waals surface area contributed by atoms with Crippen LogP contribution in [0.15, 0.2) is 97.6 Å². The van der Waals surface area contributed by atoms with Crippen LogP contribution in [0, 0.1) is 46.9 Å². The molecule has 38 heteroatoms. The molecule has 656 valence electrons. The van der Waals surface area contributed by atoms with E-state index >= 15 is 0 Å². The first-order valence-electron chi connectivity index (χ1n) is 39.5. The fourth-order valence-corrected chi connectivity index (χ4v) is 12.4. The number of benzene rings is 3. The zero-order valence-corrected chi connectivity index (χ0v) is 73.2. The maximum atomic E-state index is 14.5. The highest BCUT2D eigenvalue weighted by Gasteiger charge is 2.29. The summed E-state index contributed by atoms with van der Waals surface area (Å²) >= 11 is 16.2.